The number of ether oxygens (including phenoxy) is 1. The average molecular weight is 421 g/mol. The Balaban J connectivity index is 1.91. The van der Waals surface area contributed by atoms with E-state index in [1.807, 2.05) is 0 Å². The van der Waals surface area contributed by atoms with Crippen molar-refractivity contribution < 1.29 is 9.53 Å². The predicted molar refractivity (Wildman–Crippen MR) is 101 cm³/mol. The summed E-state index contributed by atoms with van der Waals surface area (Å²) >= 11 is 2.26. The third-order valence-electron chi connectivity index (χ3n) is 5.45. The fraction of sp³-hybridized carbons (Fsp3) is 0.526. The molecule has 2 fully saturated rings. The van der Waals surface area contributed by atoms with Crippen LogP contribution in [0.4, 0.5) is 0 Å². The summed E-state index contributed by atoms with van der Waals surface area (Å²) in [6.07, 6.45) is 5.53. The van der Waals surface area contributed by atoms with Crippen molar-refractivity contribution in [2.75, 3.05) is 13.7 Å². The number of aryl methyl sites for hydroxylation is 1. The molecule has 0 spiro atoms. The lowest BCUT2D eigenvalue weighted by Gasteiger charge is -2.43. The van der Waals surface area contributed by atoms with Gasteiger partial charge in [-0.25, -0.2) is 0 Å². The van der Waals surface area contributed by atoms with E-state index >= 15 is 0 Å². The lowest BCUT2D eigenvalue weighted by atomic mass is 9.76. The molecule has 23 heavy (non-hydrogen) atoms. The highest BCUT2D eigenvalue weighted by molar-refractivity contribution is 14.1. The maximum absolute atomic E-state index is 12.6. The molecule has 0 N–H and O–H groups in total. The SMILES string of the molecule is COC(=O)[C@H]1[C@@H](c2ccc(C)cc2)C[C@H]2CC[C@@H]1N2C/C=C/[123I]. The number of rotatable bonds is 4. The van der Waals surface area contributed by atoms with Gasteiger partial charge in [-0.3, -0.25) is 9.69 Å². The summed E-state index contributed by atoms with van der Waals surface area (Å²) in [5.41, 5.74) is 2.54. The zero-order chi connectivity index (χ0) is 16.4. The normalized spacial score (nSPS) is 30.7. The largest absolute Gasteiger partial charge is 0.469 e. The van der Waals surface area contributed by atoms with Crippen molar-refractivity contribution in [1.82, 2.24) is 4.90 Å². The molecule has 2 heterocycles. The van der Waals surface area contributed by atoms with Crippen LogP contribution in [-0.4, -0.2) is 36.6 Å². The first-order chi connectivity index (χ1) is 11.2. The summed E-state index contributed by atoms with van der Waals surface area (Å²) in [4.78, 5) is 15.1. The summed E-state index contributed by atoms with van der Waals surface area (Å²) in [5.74, 6) is 0.175. The molecule has 0 aromatic heterocycles. The number of esters is 1. The summed E-state index contributed by atoms with van der Waals surface area (Å²) < 4.78 is 7.25. The molecular weight excluding hydrogens is 397 g/mol. The summed E-state index contributed by atoms with van der Waals surface area (Å²) in [6, 6.07) is 9.57. The molecule has 124 valence electrons. The van der Waals surface area contributed by atoms with Gasteiger partial charge in [0.2, 0.25) is 0 Å². The zero-order valence-corrected chi connectivity index (χ0v) is 15.9. The standard InChI is InChI=1S/C19H24INO2/c1-13-4-6-14(7-5-13)16-12-15-8-9-17(18(16)19(22)23-2)21(15)11-3-10-20/h3-7,10,15-18H,8-9,11-12H2,1-2H3/b10-3+/t15-,16-,17+,18+/m1/s1/i20-4. The van der Waals surface area contributed by atoms with Crippen LogP contribution in [0.15, 0.2) is 34.4 Å². The van der Waals surface area contributed by atoms with Crippen LogP contribution in [-0.2, 0) is 9.53 Å². The number of piperidine rings is 1. The molecule has 3 nitrogen and oxygen atoms in total. The molecule has 0 unspecified atom stereocenters. The fourth-order valence-electron chi connectivity index (χ4n) is 4.37. The fourth-order valence-corrected chi connectivity index (χ4v) is 4.60. The minimum atomic E-state index is -0.0518. The van der Waals surface area contributed by atoms with Gasteiger partial charge in [-0.1, -0.05) is 58.5 Å². The van der Waals surface area contributed by atoms with Crippen molar-refractivity contribution in [2.45, 2.75) is 44.2 Å². The number of hydrogen-bond acceptors (Lipinski definition) is 3. The highest BCUT2D eigenvalue weighted by Crippen LogP contribution is 2.47. The quantitative estimate of drug-likeness (QED) is 0.543. The number of fused-ring (bicyclic) bond motifs is 2. The second-order valence-electron chi connectivity index (χ2n) is 6.66. The molecule has 4 atom stereocenters. The lowest BCUT2D eigenvalue weighted by molar-refractivity contribution is -0.150. The number of hydrogen-bond donors (Lipinski definition) is 0. The van der Waals surface area contributed by atoms with Gasteiger partial charge in [-0.15, -0.1) is 0 Å². The van der Waals surface area contributed by atoms with Crippen molar-refractivity contribution in [2.24, 2.45) is 5.92 Å². The van der Waals surface area contributed by atoms with Gasteiger partial charge in [-0.05, 0) is 35.8 Å². The van der Waals surface area contributed by atoms with Crippen LogP contribution in [0.2, 0.25) is 0 Å². The summed E-state index contributed by atoms with van der Waals surface area (Å²) in [7, 11) is 1.52. The minimum absolute atomic E-state index is 0.0515. The predicted octanol–water partition coefficient (Wildman–Crippen LogP) is 4.05. The Bertz CT molecular complexity index is 584. The molecule has 2 aliphatic rings. The molecule has 0 aliphatic carbocycles. The zero-order valence-electron chi connectivity index (χ0n) is 13.7. The number of benzene rings is 1. The van der Waals surface area contributed by atoms with E-state index in [1.54, 1.807) is 0 Å². The van der Waals surface area contributed by atoms with Gasteiger partial charge in [0.25, 0.3) is 0 Å². The van der Waals surface area contributed by atoms with Gasteiger partial charge in [-0.2, -0.15) is 0 Å². The molecule has 0 radical (unpaired) electrons. The second-order valence-corrected chi connectivity index (χ2v) is 7.38. The summed E-state index contributed by atoms with van der Waals surface area (Å²) in [5, 5.41) is 0. The topological polar surface area (TPSA) is 29.5 Å². The number of carbonyl (C=O) groups excluding carboxylic acids is 1. The Morgan fingerprint density at radius 1 is 1.35 bits per heavy atom. The van der Waals surface area contributed by atoms with E-state index in [2.05, 4.69) is 68.8 Å². The van der Waals surface area contributed by atoms with Gasteiger partial charge in [0.05, 0.1) is 13.0 Å². The van der Waals surface area contributed by atoms with Crippen LogP contribution in [0, 0.1) is 12.8 Å². The van der Waals surface area contributed by atoms with Crippen molar-refractivity contribution in [3.8, 4) is 0 Å². The van der Waals surface area contributed by atoms with E-state index in [0.717, 1.165) is 19.4 Å². The highest BCUT2D eigenvalue weighted by Gasteiger charge is 2.50. The van der Waals surface area contributed by atoms with Crippen molar-refractivity contribution in [3.63, 3.8) is 0 Å². The minimum Gasteiger partial charge on any atom is -0.469 e. The number of nitrogens with zero attached hydrogens (tertiary/aromatic N) is 1. The maximum atomic E-state index is 12.6. The van der Waals surface area contributed by atoms with E-state index in [4.69, 9.17) is 4.74 Å². The lowest BCUT2D eigenvalue weighted by Crippen LogP contribution is -2.50. The van der Waals surface area contributed by atoms with E-state index in [1.165, 1.54) is 24.7 Å². The third-order valence-corrected chi connectivity index (χ3v) is 5.96. The number of carbonyl (C=O) groups is 1. The van der Waals surface area contributed by atoms with Crippen molar-refractivity contribution >= 4 is 28.6 Å². The van der Waals surface area contributed by atoms with E-state index in [-0.39, 0.29) is 17.8 Å². The molecule has 2 bridgehead atoms. The summed E-state index contributed by atoms with van der Waals surface area (Å²) in [6.45, 7) is 3.04. The smallest absolute Gasteiger partial charge is 0.310 e. The van der Waals surface area contributed by atoms with Gasteiger partial charge in [0, 0.05) is 24.5 Å². The van der Waals surface area contributed by atoms with E-state index in [0.29, 0.717) is 12.1 Å². The van der Waals surface area contributed by atoms with Crippen LogP contribution in [0.5, 0.6) is 0 Å². The van der Waals surface area contributed by atoms with Crippen molar-refractivity contribution in [3.05, 3.63) is 45.6 Å². The molecule has 0 amide bonds. The van der Waals surface area contributed by atoms with Crippen molar-refractivity contribution in [1.29, 1.82) is 0 Å². The van der Waals surface area contributed by atoms with Crippen LogP contribution < -0.4 is 0 Å². The number of halogens is 1. The Morgan fingerprint density at radius 3 is 2.74 bits per heavy atom. The van der Waals surface area contributed by atoms with Crippen LogP contribution in [0.1, 0.15) is 36.3 Å². The Morgan fingerprint density at radius 2 is 2.09 bits per heavy atom. The van der Waals surface area contributed by atoms with Gasteiger partial charge in [0.15, 0.2) is 0 Å². The maximum Gasteiger partial charge on any atom is 0.310 e. The average Bonchev–Trinajstić information content (AvgIpc) is 2.84. The molecule has 2 aliphatic heterocycles. The molecule has 0 saturated carbocycles. The van der Waals surface area contributed by atoms with E-state index < -0.39 is 0 Å². The number of methoxy groups -OCH3 is 1. The first kappa shape index (κ1) is 17.0. The Kier molecular flexibility index (Phi) is 5.42. The third kappa shape index (κ3) is 3.33. The Labute approximate surface area is 152 Å². The van der Waals surface area contributed by atoms with Gasteiger partial charge in [0.1, 0.15) is 0 Å². The van der Waals surface area contributed by atoms with E-state index in [9.17, 15) is 4.79 Å². The highest BCUT2D eigenvalue weighted by atomic mass is 123. The molecular formula is C19H24INO2. The van der Waals surface area contributed by atoms with Gasteiger partial charge >= 0.3 is 5.97 Å². The first-order valence-electron chi connectivity index (χ1n) is 8.31. The van der Waals surface area contributed by atoms with Crippen LogP contribution in [0.25, 0.3) is 0 Å². The molecule has 3 rings (SSSR count). The van der Waals surface area contributed by atoms with Crippen LogP contribution in [0.3, 0.4) is 0 Å². The molecule has 1 aromatic rings. The molecule has 4 heteroatoms. The Hall–Kier alpha value is -0.880. The first-order valence-corrected chi connectivity index (χ1v) is 9.55. The molecule has 1 aromatic carbocycles. The monoisotopic (exact) mass is 421 g/mol. The second kappa shape index (κ2) is 7.34. The van der Waals surface area contributed by atoms with Crippen LogP contribution >= 0.6 is 22.6 Å². The molecule has 2 saturated heterocycles. The van der Waals surface area contributed by atoms with Gasteiger partial charge < -0.3 is 4.74 Å².